The van der Waals surface area contributed by atoms with E-state index in [9.17, 15) is 19.2 Å². The molecule has 1 aromatic carbocycles. The average Bonchev–Trinajstić information content (AvgIpc) is 2.75. The summed E-state index contributed by atoms with van der Waals surface area (Å²) in [6.07, 6.45) is 7.97. The maximum absolute atomic E-state index is 12.6. The zero-order valence-electron chi connectivity index (χ0n) is 18.8. The van der Waals surface area contributed by atoms with Crippen LogP contribution in [0.15, 0.2) is 48.6 Å². The number of ether oxygens (including phenoxy) is 3. The number of nitrogens with one attached hydrogen (secondary N) is 1. The normalized spacial score (nSPS) is 11.8. The monoisotopic (exact) mass is 445 g/mol. The SMILES string of the molecule is CC/C=C\CC(=O)OCC(CNC(=O)c1ccccc1OC(C)=O)OC(=O)C/C=C\CC. The number of esters is 3. The van der Waals surface area contributed by atoms with E-state index in [0.717, 1.165) is 12.8 Å². The van der Waals surface area contributed by atoms with Crippen molar-refractivity contribution in [3.8, 4) is 5.75 Å². The van der Waals surface area contributed by atoms with Crippen molar-refractivity contribution in [2.45, 2.75) is 52.6 Å². The van der Waals surface area contributed by atoms with Crippen molar-refractivity contribution in [3.63, 3.8) is 0 Å². The van der Waals surface area contributed by atoms with Gasteiger partial charge in [-0.15, -0.1) is 0 Å². The molecule has 0 radical (unpaired) electrons. The van der Waals surface area contributed by atoms with Crippen LogP contribution in [0.25, 0.3) is 0 Å². The Kier molecular flexibility index (Phi) is 12.8. The fraction of sp³-hybridized carbons (Fsp3) is 0.417. The largest absolute Gasteiger partial charge is 0.461 e. The summed E-state index contributed by atoms with van der Waals surface area (Å²) in [6.45, 7) is 4.84. The van der Waals surface area contributed by atoms with Crippen molar-refractivity contribution in [2.75, 3.05) is 13.2 Å². The van der Waals surface area contributed by atoms with Crippen LogP contribution in [-0.4, -0.2) is 43.1 Å². The number of rotatable bonds is 13. The van der Waals surface area contributed by atoms with Crippen LogP contribution in [0.3, 0.4) is 0 Å². The second kappa shape index (κ2) is 15.4. The van der Waals surface area contributed by atoms with Gasteiger partial charge in [0.15, 0.2) is 6.10 Å². The molecule has 0 spiro atoms. The lowest BCUT2D eigenvalue weighted by Gasteiger charge is -2.18. The number of carbonyl (C=O) groups excluding carboxylic acids is 4. The Morgan fingerprint density at radius 2 is 1.56 bits per heavy atom. The molecule has 1 atom stereocenters. The Labute approximate surface area is 188 Å². The van der Waals surface area contributed by atoms with Crippen LogP contribution in [0.2, 0.25) is 0 Å². The molecule has 174 valence electrons. The molecular weight excluding hydrogens is 414 g/mol. The number of amides is 1. The van der Waals surface area contributed by atoms with Crippen molar-refractivity contribution in [1.29, 1.82) is 0 Å². The van der Waals surface area contributed by atoms with Gasteiger partial charge in [-0.1, -0.05) is 50.3 Å². The Balaban J connectivity index is 2.77. The van der Waals surface area contributed by atoms with Crippen LogP contribution in [0, 0.1) is 0 Å². The highest BCUT2D eigenvalue weighted by Crippen LogP contribution is 2.18. The van der Waals surface area contributed by atoms with Gasteiger partial charge < -0.3 is 19.5 Å². The summed E-state index contributed by atoms with van der Waals surface area (Å²) in [5.74, 6) is -1.93. The standard InChI is InChI=1S/C24H31NO7/c1-4-6-8-14-22(27)30-17-19(32-23(28)15-9-7-5-2)16-25-24(29)20-12-10-11-13-21(20)31-18(3)26/h6-13,19H,4-5,14-17H2,1-3H3,(H,25,29)/b8-6-,9-7-. The van der Waals surface area contributed by atoms with E-state index < -0.39 is 29.9 Å². The molecule has 1 N–H and O–H groups in total. The maximum atomic E-state index is 12.6. The minimum atomic E-state index is -0.874. The summed E-state index contributed by atoms with van der Waals surface area (Å²) in [5.41, 5.74) is 0.153. The van der Waals surface area contributed by atoms with Gasteiger partial charge in [-0.3, -0.25) is 19.2 Å². The molecule has 1 amide bonds. The highest BCUT2D eigenvalue weighted by Gasteiger charge is 2.20. The van der Waals surface area contributed by atoms with Crippen LogP contribution in [0.1, 0.15) is 56.8 Å². The van der Waals surface area contributed by atoms with Gasteiger partial charge in [0, 0.05) is 6.92 Å². The lowest BCUT2D eigenvalue weighted by Crippen LogP contribution is -2.38. The predicted octanol–water partition coefficient (Wildman–Crippen LogP) is 3.51. The van der Waals surface area contributed by atoms with Gasteiger partial charge in [0.1, 0.15) is 12.4 Å². The van der Waals surface area contributed by atoms with Gasteiger partial charge in [-0.25, -0.2) is 0 Å². The molecule has 1 rings (SSSR count). The van der Waals surface area contributed by atoms with E-state index >= 15 is 0 Å². The minimum absolute atomic E-state index is 0.0702. The van der Waals surface area contributed by atoms with Crippen molar-refractivity contribution < 1.29 is 33.4 Å². The molecule has 0 aliphatic heterocycles. The molecule has 0 saturated heterocycles. The first-order chi connectivity index (χ1) is 15.4. The van der Waals surface area contributed by atoms with Crippen molar-refractivity contribution in [2.24, 2.45) is 0 Å². The zero-order valence-corrected chi connectivity index (χ0v) is 18.8. The zero-order chi connectivity index (χ0) is 23.8. The molecule has 0 heterocycles. The lowest BCUT2D eigenvalue weighted by atomic mass is 10.2. The van der Waals surface area contributed by atoms with E-state index in [-0.39, 0.29) is 37.3 Å². The Hall–Kier alpha value is -3.42. The number of benzene rings is 1. The molecule has 1 unspecified atom stereocenters. The van der Waals surface area contributed by atoms with Crippen molar-refractivity contribution in [1.82, 2.24) is 5.32 Å². The summed E-state index contributed by atoms with van der Waals surface area (Å²) in [4.78, 5) is 47.8. The predicted molar refractivity (Wildman–Crippen MR) is 119 cm³/mol. The van der Waals surface area contributed by atoms with E-state index in [1.54, 1.807) is 24.3 Å². The third kappa shape index (κ3) is 11.1. The van der Waals surface area contributed by atoms with E-state index in [1.807, 2.05) is 26.0 Å². The van der Waals surface area contributed by atoms with Gasteiger partial charge in [-0.2, -0.15) is 0 Å². The summed E-state index contributed by atoms with van der Waals surface area (Å²) >= 11 is 0. The van der Waals surface area contributed by atoms with E-state index in [2.05, 4.69) is 5.32 Å². The average molecular weight is 446 g/mol. The molecule has 0 aliphatic carbocycles. The second-order valence-electron chi connectivity index (χ2n) is 6.76. The summed E-state index contributed by atoms with van der Waals surface area (Å²) in [7, 11) is 0. The second-order valence-corrected chi connectivity index (χ2v) is 6.76. The molecular formula is C24H31NO7. The van der Waals surface area contributed by atoms with Crippen LogP contribution in [0.4, 0.5) is 0 Å². The topological polar surface area (TPSA) is 108 Å². The maximum Gasteiger partial charge on any atom is 0.310 e. The van der Waals surface area contributed by atoms with Gasteiger partial charge in [-0.05, 0) is 25.0 Å². The number of carbonyl (C=O) groups is 4. The van der Waals surface area contributed by atoms with Crippen molar-refractivity contribution >= 4 is 23.8 Å². The molecule has 0 fully saturated rings. The van der Waals surface area contributed by atoms with Crippen LogP contribution >= 0.6 is 0 Å². The first-order valence-corrected chi connectivity index (χ1v) is 10.6. The van der Waals surface area contributed by atoms with E-state index in [0.29, 0.717) is 0 Å². The summed E-state index contributed by atoms with van der Waals surface area (Å²) < 4.78 is 15.6. The molecule has 0 aromatic heterocycles. The number of hydrogen-bond acceptors (Lipinski definition) is 7. The Morgan fingerprint density at radius 3 is 2.19 bits per heavy atom. The third-order valence-electron chi connectivity index (χ3n) is 3.98. The minimum Gasteiger partial charge on any atom is -0.461 e. The number of para-hydroxylation sites is 1. The smallest absolute Gasteiger partial charge is 0.310 e. The fourth-order valence-electron chi connectivity index (χ4n) is 2.51. The quantitative estimate of drug-likeness (QED) is 0.281. The van der Waals surface area contributed by atoms with Crippen LogP contribution < -0.4 is 10.1 Å². The highest BCUT2D eigenvalue weighted by atomic mass is 16.6. The molecule has 8 nitrogen and oxygen atoms in total. The first-order valence-electron chi connectivity index (χ1n) is 10.6. The summed E-state index contributed by atoms with van der Waals surface area (Å²) in [6, 6.07) is 6.27. The molecule has 8 heteroatoms. The molecule has 0 saturated carbocycles. The highest BCUT2D eigenvalue weighted by molar-refractivity contribution is 5.97. The van der Waals surface area contributed by atoms with E-state index in [4.69, 9.17) is 14.2 Å². The third-order valence-corrected chi connectivity index (χ3v) is 3.98. The van der Waals surface area contributed by atoms with Gasteiger partial charge in [0.05, 0.1) is 24.9 Å². The molecule has 32 heavy (non-hydrogen) atoms. The number of hydrogen-bond donors (Lipinski definition) is 1. The van der Waals surface area contributed by atoms with Crippen LogP contribution in [-0.2, 0) is 23.9 Å². The Morgan fingerprint density at radius 1 is 0.938 bits per heavy atom. The van der Waals surface area contributed by atoms with Gasteiger partial charge >= 0.3 is 17.9 Å². The molecule has 1 aromatic rings. The van der Waals surface area contributed by atoms with E-state index in [1.165, 1.54) is 19.1 Å². The summed E-state index contributed by atoms with van der Waals surface area (Å²) in [5, 5.41) is 2.63. The van der Waals surface area contributed by atoms with Crippen molar-refractivity contribution in [3.05, 3.63) is 54.1 Å². The molecule has 0 bridgehead atoms. The fourth-order valence-corrected chi connectivity index (χ4v) is 2.51. The van der Waals surface area contributed by atoms with Crippen LogP contribution in [0.5, 0.6) is 5.75 Å². The number of allylic oxidation sites excluding steroid dienone is 2. The molecule has 0 aliphatic rings. The lowest BCUT2D eigenvalue weighted by molar-refractivity contribution is -0.157. The van der Waals surface area contributed by atoms with Gasteiger partial charge in [0.25, 0.3) is 5.91 Å². The Bertz CT molecular complexity index is 829. The van der Waals surface area contributed by atoms with Gasteiger partial charge in [0.2, 0.25) is 0 Å². The first kappa shape index (κ1) is 26.6.